The first-order valence-electron chi connectivity index (χ1n) is 12.6. The van der Waals surface area contributed by atoms with Crippen molar-refractivity contribution in [2.45, 2.75) is 105 Å². The van der Waals surface area contributed by atoms with Crippen LogP contribution >= 0.6 is 0 Å². The van der Waals surface area contributed by atoms with E-state index in [0.29, 0.717) is 18.2 Å². The van der Waals surface area contributed by atoms with Gasteiger partial charge in [0.2, 0.25) is 5.91 Å². The number of hydrogen-bond acceptors (Lipinski definition) is 4. The number of carbonyl (C=O) groups excluding carboxylic acids is 1. The molecule has 1 unspecified atom stereocenters. The number of hydrogen-bond donors (Lipinski definition) is 2. The predicted octanol–water partition coefficient (Wildman–Crippen LogP) is 5.99. The number of nitrogens with zero attached hydrogens (tertiary/aromatic N) is 3. The highest BCUT2D eigenvalue weighted by molar-refractivity contribution is 5.93. The van der Waals surface area contributed by atoms with Crippen molar-refractivity contribution < 1.29 is 4.79 Å². The second-order valence-corrected chi connectivity index (χ2v) is 8.73. The molecular weight excluding hydrogens is 398 g/mol. The average molecular weight is 442 g/mol. The molecule has 178 valence electrons. The minimum absolute atomic E-state index is 0.115. The molecule has 0 spiro atoms. The van der Waals surface area contributed by atoms with E-state index in [-0.39, 0.29) is 5.91 Å². The van der Waals surface area contributed by atoms with Crippen molar-refractivity contribution in [3.63, 3.8) is 0 Å². The number of imidazole rings is 1. The summed E-state index contributed by atoms with van der Waals surface area (Å²) in [6, 6.07) is 0. The van der Waals surface area contributed by atoms with Gasteiger partial charge in [0, 0.05) is 37.4 Å². The number of pyridine rings is 1. The minimum Gasteiger partial charge on any atom is -0.382 e. The minimum atomic E-state index is 0.115. The summed E-state index contributed by atoms with van der Waals surface area (Å²) in [5.74, 6) is 2.13. The van der Waals surface area contributed by atoms with Gasteiger partial charge in [-0.25, -0.2) is 9.97 Å². The first-order valence-corrected chi connectivity index (χ1v) is 12.6. The largest absolute Gasteiger partial charge is 0.382 e. The van der Waals surface area contributed by atoms with E-state index in [2.05, 4.69) is 49.7 Å². The first kappa shape index (κ1) is 25.9. The quantitative estimate of drug-likeness (QED) is 0.443. The molecule has 0 bridgehead atoms. The van der Waals surface area contributed by atoms with E-state index in [1.165, 1.54) is 18.4 Å². The van der Waals surface area contributed by atoms with Gasteiger partial charge in [-0.3, -0.25) is 4.79 Å². The third-order valence-electron chi connectivity index (χ3n) is 6.01. The summed E-state index contributed by atoms with van der Waals surface area (Å²) in [4.78, 5) is 21.0. The zero-order valence-corrected chi connectivity index (χ0v) is 20.8. The van der Waals surface area contributed by atoms with Crippen LogP contribution in [0.3, 0.4) is 0 Å². The average Bonchev–Trinajstić information content (AvgIpc) is 3.17. The maximum absolute atomic E-state index is 11.4. The van der Waals surface area contributed by atoms with Gasteiger partial charge in [-0.15, -0.1) is 0 Å². The molecule has 1 aliphatic carbocycles. The molecule has 0 saturated carbocycles. The van der Waals surface area contributed by atoms with Crippen molar-refractivity contribution in [3.8, 4) is 0 Å². The number of nitrogens with two attached hydrogens (primary N) is 1. The van der Waals surface area contributed by atoms with Crippen LogP contribution in [0.15, 0.2) is 6.08 Å². The molecule has 6 heteroatoms. The molecular formula is C26H43N5O. The van der Waals surface area contributed by atoms with E-state index in [1.807, 2.05) is 6.92 Å². The van der Waals surface area contributed by atoms with Crippen molar-refractivity contribution in [3.05, 3.63) is 23.2 Å². The summed E-state index contributed by atoms with van der Waals surface area (Å²) in [5.41, 5.74) is 10.6. The Balaban J connectivity index is 0.000000837. The normalized spacial score (nSPS) is 14.7. The highest BCUT2D eigenvalue weighted by Gasteiger charge is 2.23. The van der Waals surface area contributed by atoms with Crippen LogP contribution < -0.4 is 11.1 Å². The number of amides is 1. The predicted molar refractivity (Wildman–Crippen MR) is 136 cm³/mol. The van der Waals surface area contributed by atoms with Gasteiger partial charge in [0.1, 0.15) is 11.3 Å². The Hall–Kier alpha value is -2.37. The maximum Gasteiger partial charge on any atom is 0.219 e. The molecule has 2 aromatic heterocycles. The van der Waals surface area contributed by atoms with Crippen LogP contribution in [0.25, 0.3) is 17.1 Å². The van der Waals surface area contributed by atoms with Gasteiger partial charge < -0.3 is 15.6 Å². The number of rotatable bonds is 10. The zero-order valence-electron chi connectivity index (χ0n) is 20.8. The number of nitrogens with one attached hydrogen (secondary N) is 1. The molecule has 0 fully saturated rings. The standard InChI is InChI=1S/C22H33N5O.C4H10/c1-4-6-12-17-25-20-21(27(17)14-8-7-13-24-18(28)5-2)16-11-9-10-15(3)19(16)26-22(20)23;1-3-4-2/h9,11,15H,4-8,10,12-14H2,1-3H3,(H2,23,26)(H,24,28);3-4H2,1-2H3. The fourth-order valence-electron chi connectivity index (χ4n) is 3.87. The number of aromatic nitrogens is 3. The molecule has 3 rings (SSSR count). The van der Waals surface area contributed by atoms with Gasteiger partial charge in [0.05, 0.1) is 11.2 Å². The Morgan fingerprint density at radius 1 is 1.12 bits per heavy atom. The zero-order chi connectivity index (χ0) is 23.5. The molecule has 1 amide bonds. The monoisotopic (exact) mass is 441 g/mol. The third kappa shape index (κ3) is 6.57. The number of carbonyl (C=O) groups is 1. The Morgan fingerprint density at radius 3 is 2.53 bits per heavy atom. The second kappa shape index (κ2) is 13.2. The van der Waals surface area contributed by atoms with Crippen molar-refractivity contribution in [1.82, 2.24) is 19.9 Å². The first-order chi connectivity index (χ1) is 15.5. The van der Waals surface area contributed by atoms with E-state index < -0.39 is 0 Å². The number of aryl methyl sites for hydroxylation is 2. The molecule has 0 aromatic carbocycles. The molecule has 1 aliphatic rings. The topological polar surface area (TPSA) is 85.8 Å². The lowest BCUT2D eigenvalue weighted by atomic mass is 9.92. The Morgan fingerprint density at radius 2 is 1.88 bits per heavy atom. The van der Waals surface area contributed by atoms with Crippen LogP contribution in [0, 0.1) is 0 Å². The summed E-state index contributed by atoms with van der Waals surface area (Å²) in [7, 11) is 0. The molecule has 2 heterocycles. The maximum atomic E-state index is 11.4. The van der Waals surface area contributed by atoms with E-state index in [0.717, 1.165) is 74.2 Å². The number of unbranched alkanes of at least 4 members (excludes halogenated alkanes) is 3. The van der Waals surface area contributed by atoms with E-state index in [1.54, 1.807) is 0 Å². The SMILES string of the molecule is CCCC.CCCCc1nc2c(N)nc3c(c2n1CCCCNC(=O)CC)C=CCC3C. The summed E-state index contributed by atoms with van der Waals surface area (Å²) < 4.78 is 2.35. The van der Waals surface area contributed by atoms with Gasteiger partial charge >= 0.3 is 0 Å². The summed E-state index contributed by atoms with van der Waals surface area (Å²) in [6.07, 6.45) is 13.7. The Labute approximate surface area is 194 Å². The summed E-state index contributed by atoms with van der Waals surface area (Å²) in [5, 5.41) is 2.96. The molecule has 2 aromatic rings. The van der Waals surface area contributed by atoms with Gasteiger partial charge in [0.15, 0.2) is 5.82 Å². The number of nitrogen functional groups attached to an aromatic ring is 1. The molecule has 0 radical (unpaired) electrons. The van der Waals surface area contributed by atoms with Gasteiger partial charge in [-0.2, -0.15) is 0 Å². The van der Waals surface area contributed by atoms with Crippen LogP contribution in [-0.4, -0.2) is 27.0 Å². The van der Waals surface area contributed by atoms with Crippen LogP contribution in [0.1, 0.15) is 109 Å². The molecule has 32 heavy (non-hydrogen) atoms. The Kier molecular flexibility index (Phi) is 10.7. The highest BCUT2D eigenvalue weighted by Crippen LogP contribution is 2.35. The van der Waals surface area contributed by atoms with Crippen LogP contribution in [-0.2, 0) is 17.8 Å². The highest BCUT2D eigenvalue weighted by atomic mass is 16.1. The second-order valence-electron chi connectivity index (χ2n) is 8.73. The molecule has 3 N–H and O–H groups in total. The molecule has 0 saturated heterocycles. The third-order valence-corrected chi connectivity index (χ3v) is 6.01. The number of allylic oxidation sites excluding steroid dienone is 1. The van der Waals surface area contributed by atoms with Gasteiger partial charge in [-0.1, -0.05) is 66.0 Å². The van der Waals surface area contributed by atoms with Crippen LogP contribution in [0.4, 0.5) is 5.82 Å². The fraction of sp³-hybridized carbons (Fsp3) is 0.654. The van der Waals surface area contributed by atoms with Crippen molar-refractivity contribution in [2.75, 3.05) is 12.3 Å². The van der Waals surface area contributed by atoms with Crippen LogP contribution in [0.5, 0.6) is 0 Å². The van der Waals surface area contributed by atoms with Crippen molar-refractivity contribution in [1.29, 1.82) is 0 Å². The van der Waals surface area contributed by atoms with E-state index in [4.69, 9.17) is 15.7 Å². The molecule has 0 aliphatic heterocycles. The smallest absolute Gasteiger partial charge is 0.219 e. The lowest BCUT2D eigenvalue weighted by Gasteiger charge is -2.19. The number of anilines is 1. The van der Waals surface area contributed by atoms with Crippen LogP contribution in [0.2, 0.25) is 0 Å². The van der Waals surface area contributed by atoms with Gasteiger partial charge in [0.25, 0.3) is 0 Å². The number of fused-ring (bicyclic) bond motifs is 3. The van der Waals surface area contributed by atoms with Crippen molar-refractivity contribution in [2.24, 2.45) is 0 Å². The van der Waals surface area contributed by atoms with E-state index in [9.17, 15) is 4.79 Å². The molecule has 6 nitrogen and oxygen atoms in total. The van der Waals surface area contributed by atoms with Gasteiger partial charge in [-0.05, 0) is 25.7 Å². The van der Waals surface area contributed by atoms with Crippen molar-refractivity contribution >= 4 is 28.8 Å². The summed E-state index contributed by atoms with van der Waals surface area (Å²) in [6.45, 7) is 12.3. The lowest BCUT2D eigenvalue weighted by Crippen LogP contribution is -2.23. The molecule has 1 atom stereocenters. The lowest BCUT2D eigenvalue weighted by molar-refractivity contribution is -0.120. The fourth-order valence-corrected chi connectivity index (χ4v) is 3.87. The van der Waals surface area contributed by atoms with E-state index >= 15 is 0 Å². The summed E-state index contributed by atoms with van der Waals surface area (Å²) >= 11 is 0. The Bertz CT molecular complexity index is 897.